The Labute approximate surface area is 228 Å². The summed E-state index contributed by atoms with van der Waals surface area (Å²) in [5.74, 6) is -1.29. The molecule has 3 aromatic carbocycles. The number of halogens is 1. The molecule has 0 fully saturated rings. The van der Waals surface area contributed by atoms with Gasteiger partial charge in [-0.1, -0.05) is 69.5 Å². The van der Waals surface area contributed by atoms with Crippen LogP contribution in [0.5, 0.6) is 0 Å². The lowest BCUT2D eigenvalue weighted by molar-refractivity contribution is 0.0642. The van der Waals surface area contributed by atoms with Gasteiger partial charge in [0.25, 0.3) is 21.8 Å². The first kappa shape index (κ1) is 27.4. The van der Waals surface area contributed by atoms with Gasteiger partial charge in [0.1, 0.15) is 0 Å². The van der Waals surface area contributed by atoms with Crippen LogP contribution in [0.15, 0.2) is 65.6 Å². The molecule has 2 amide bonds. The number of nitrogens with zero attached hydrogens (tertiary/aromatic N) is 2. The summed E-state index contributed by atoms with van der Waals surface area (Å²) in [4.78, 5) is 27.5. The van der Waals surface area contributed by atoms with E-state index in [1.807, 2.05) is 18.2 Å². The summed E-state index contributed by atoms with van der Waals surface area (Å²) in [6.07, 6.45) is 3.14. The number of imide groups is 1. The van der Waals surface area contributed by atoms with E-state index in [2.05, 4.69) is 25.5 Å². The van der Waals surface area contributed by atoms with E-state index < -0.39 is 21.8 Å². The SMILES string of the molecule is CCCCC(C)(C)c1ccc(S(=O)(=O)Nc2ccc(Cl)c3c2C(=O)N(Cc2cccc(C#N)c2)C3=O)cc1. The van der Waals surface area contributed by atoms with Crippen molar-refractivity contribution in [3.63, 3.8) is 0 Å². The van der Waals surface area contributed by atoms with Crippen molar-refractivity contribution >= 4 is 39.1 Å². The molecule has 196 valence electrons. The van der Waals surface area contributed by atoms with Crippen LogP contribution in [0.2, 0.25) is 5.02 Å². The summed E-state index contributed by atoms with van der Waals surface area (Å²) >= 11 is 6.28. The van der Waals surface area contributed by atoms with Crippen molar-refractivity contribution in [2.45, 2.75) is 56.9 Å². The molecule has 3 aromatic rings. The predicted molar refractivity (Wildman–Crippen MR) is 147 cm³/mol. The van der Waals surface area contributed by atoms with Crippen LogP contribution in [0.25, 0.3) is 0 Å². The van der Waals surface area contributed by atoms with Gasteiger partial charge < -0.3 is 0 Å². The molecule has 1 aliphatic heterocycles. The third-order valence-electron chi connectivity index (χ3n) is 6.82. The number of unbranched alkanes of at least 4 members (excludes halogenated alkanes) is 1. The van der Waals surface area contributed by atoms with E-state index in [1.54, 1.807) is 36.4 Å². The summed E-state index contributed by atoms with van der Waals surface area (Å²) < 4.78 is 29.0. The van der Waals surface area contributed by atoms with Crippen LogP contribution < -0.4 is 4.72 Å². The number of hydrogen-bond acceptors (Lipinski definition) is 5. The van der Waals surface area contributed by atoms with Gasteiger partial charge >= 0.3 is 0 Å². The zero-order valence-corrected chi connectivity index (χ0v) is 23.0. The van der Waals surface area contributed by atoms with Gasteiger partial charge in [0.05, 0.1) is 44.9 Å². The lowest BCUT2D eigenvalue weighted by atomic mass is 9.80. The molecule has 0 spiro atoms. The van der Waals surface area contributed by atoms with Crippen LogP contribution in [-0.4, -0.2) is 25.1 Å². The van der Waals surface area contributed by atoms with Gasteiger partial charge in [-0.25, -0.2) is 8.42 Å². The molecule has 0 unspecified atom stereocenters. The summed E-state index contributed by atoms with van der Waals surface area (Å²) in [5, 5.41) is 9.20. The molecule has 7 nitrogen and oxygen atoms in total. The number of amides is 2. The smallest absolute Gasteiger partial charge is 0.264 e. The van der Waals surface area contributed by atoms with Crippen molar-refractivity contribution in [1.82, 2.24) is 4.90 Å². The minimum absolute atomic E-state index is 0.0247. The number of benzene rings is 3. The molecule has 4 rings (SSSR count). The zero-order valence-electron chi connectivity index (χ0n) is 21.4. The molecule has 0 atom stereocenters. The quantitative estimate of drug-likeness (QED) is 0.316. The van der Waals surface area contributed by atoms with Crippen molar-refractivity contribution < 1.29 is 18.0 Å². The van der Waals surface area contributed by atoms with Crippen molar-refractivity contribution in [3.8, 4) is 6.07 Å². The molecule has 1 N–H and O–H groups in total. The second-order valence-electron chi connectivity index (χ2n) is 9.97. The topological polar surface area (TPSA) is 107 Å². The number of nitriles is 1. The normalized spacial score (nSPS) is 13.4. The van der Waals surface area contributed by atoms with E-state index in [0.717, 1.165) is 29.7 Å². The van der Waals surface area contributed by atoms with Gasteiger partial charge in [0.2, 0.25) is 0 Å². The number of carbonyl (C=O) groups is 2. The Morgan fingerprint density at radius 3 is 2.34 bits per heavy atom. The third-order valence-corrected chi connectivity index (χ3v) is 8.51. The number of anilines is 1. The van der Waals surface area contributed by atoms with Crippen molar-refractivity contribution in [3.05, 3.63) is 93.5 Å². The summed E-state index contributed by atoms with van der Waals surface area (Å²) in [6, 6.07) is 18.1. The molecule has 0 aliphatic carbocycles. The molecule has 0 saturated carbocycles. The van der Waals surface area contributed by atoms with Crippen LogP contribution >= 0.6 is 11.6 Å². The molecule has 0 aromatic heterocycles. The van der Waals surface area contributed by atoms with Gasteiger partial charge in [-0.3, -0.25) is 19.2 Å². The highest BCUT2D eigenvalue weighted by Gasteiger charge is 2.40. The predicted octanol–water partition coefficient (Wildman–Crippen LogP) is 6.28. The zero-order chi connectivity index (χ0) is 27.7. The number of nitrogens with one attached hydrogen (secondary N) is 1. The van der Waals surface area contributed by atoms with Crippen LogP contribution in [0.3, 0.4) is 0 Å². The van der Waals surface area contributed by atoms with Crippen LogP contribution in [-0.2, 0) is 22.0 Å². The highest BCUT2D eigenvalue weighted by Crippen LogP contribution is 2.37. The highest BCUT2D eigenvalue weighted by molar-refractivity contribution is 7.92. The van der Waals surface area contributed by atoms with Gasteiger partial charge in [0.15, 0.2) is 0 Å². The van der Waals surface area contributed by atoms with Crippen LogP contribution in [0.1, 0.15) is 77.4 Å². The maximum atomic E-state index is 13.3. The number of carbonyl (C=O) groups excluding carboxylic acids is 2. The maximum Gasteiger partial charge on any atom is 0.264 e. The Morgan fingerprint density at radius 2 is 1.68 bits per heavy atom. The molecule has 0 bridgehead atoms. The Balaban J connectivity index is 1.62. The number of fused-ring (bicyclic) bond motifs is 1. The fourth-order valence-electron chi connectivity index (χ4n) is 4.57. The molecule has 0 saturated heterocycles. The highest BCUT2D eigenvalue weighted by atomic mass is 35.5. The van der Waals surface area contributed by atoms with Gasteiger partial charge in [-0.05, 0) is 59.4 Å². The van der Waals surface area contributed by atoms with Gasteiger partial charge in [0, 0.05) is 0 Å². The van der Waals surface area contributed by atoms with E-state index in [1.165, 1.54) is 12.1 Å². The summed E-state index contributed by atoms with van der Waals surface area (Å²) in [5.41, 5.74) is 1.74. The van der Waals surface area contributed by atoms with E-state index in [9.17, 15) is 18.0 Å². The Bertz CT molecular complexity index is 1560. The fourth-order valence-corrected chi connectivity index (χ4v) is 5.88. The number of hydrogen-bond donors (Lipinski definition) is 1. The minimum Gasteiger partial charge on any atom is -0.279 e. The third kappa shape index (κ3) is 5.31. The van der Waals surface area contributed by atoms with Crippen molar-refractivity contribution in [2.24, 2.45) is 0 Å². The van der Waals surface area contributed by atoms with Crippen molar-refractivity contribution in [1.29, 1.82) is 5.26 Å². The average molecular weight is 550 g/mol. The van der Waals surface area contributed by atoms with Gasteiger partial charge in [-0.2, -0.15) is 5.26 Å². The molecule has 0 radical (unpaired) electrons. The molecule has 9 heteroatoms. The first-order chi connectivity index (χ1) is 18.0. The monoisotopic (exact) mass is 549 g/mol. The summed E-state index contributed by atoms with van der Waals surface area (Å²) in [7, 11) is -4.06. The maximum absolute atomic E-state index is 13.3. The molecule has 1 heterocycles. The van der Waals surface area contributed by atoms with E-state index in [0.29, 0.717) is 11.1 Å². The van der Waals surface area contributed by atoms with E-state index >= 15 is 0 Å². The lowest BCUT2D eigenvalue weighted by Gasteiger charge is -2.25. The van der Waals surface area contributed by atoms with Crippen LogP contribution in [0, 0.1) is 11.3 Å². The molecular weight excluding hydrogens is 522 g/mol. The first-order valence-corrected chi connectivity index (χ1v) is 14.2. The Kier molecular flexibility index (Phi) is 7.63. The standard InChI is InChI=1S/C29H28ClN3O4S/c1-4-5-15-29(2,3)21-9-11-22(12-10-21)38(36,37)32-24-14-13-23(30)25-26(24)28(35)33(27(25)34)18-20-8-6-7-19(16-20)17-31/h6-14,16,32H,4-5,15,18H2,1-3H3. The number of rotatable bonds is 9. The van der Waals surface area contributed by atoms with Crippen molar-refractivity contribution in [2.75, 3.05) is 4.72 Å². The second-order valence-corrected chi connectivity index (χ2v) is 12.1. The average Bonchev–Trinajstić information content (AvgIpc) is 3.15. The summed E-state index contributed by atoms with van der Waals surface area (Å²) in [6.45, 7) is 6.31. The lowest BCUT2D eigenvalue weighted by Crippen LogP contribution is -2.29. The Morgan fingerprint density at radius 1 is 1.00 bits per heavy atom. The fraction of sp³-hybridized carbons (Fsp3) is 0.276. The minimum atomic E-state index is -4.06. The van der Waals surface area contributed by atoms with Crippen LogP contribution in [0.4, 0.5) is 5.69 Å². The molecule has 38 heavy (non-hydrogen) atoms. The second kappa shape index (κ2) is 10.6. The molecular formula is C29H28ClN3O4S. The molecule has 1 aliphatic rings. The number of sulfonamides is 1. The van der Waals surface area contributed by atoms with E-state index in [4.69, 9.17) is 16.9 Å². The van der Waals surface area contributed by atoms with E-state index in [-0.39, 0.29) is 38.7 Å². The first-order valence-electron chi connectivity index (χ1n) is 12.3. The Hall–Kier alpha value is -3.67. The van der Waals surface area contributed by atoms with Gasteiger partial charge in [-0.15, -0.1) is 0 Å². The largest absolute Gasteiger partial charge is 0.279 e.